The van der Waals surface area contributed by atoms with Gasteiger partial charge in [-0.3, -0.25) is 4.79 Å². The topological polar surface area (TPSA) is 75.6 Å². The lowest BCUT2D eigenvalue weighted by atomic mass is 10.0. The van der Waals surface area contributed by atoms with Crippen molar-refractivity contribution in [2.45, 2.75) is 26.5 Å². The van der Waals surface area contributed by atoms with Crippen LogP contribution in [0.25, 0.3) is 6.08 Å². The Morgan fingerprint density at radius 2 is 1.96 bits per heavy atom. The Morgan fingerprint density at radius 3 is 2.61 bits per heavy atom. The van der Waals surface area contributed by atoms with E-state index in [1.54, 1.807) is 32.1 Å². The highest BCUT2D eigenvalue weighted by Crippen LogP contribution is 2.26. The van der Waals surface area contributed by atoms with Crippen LogP contribution in [-0.4, -0.2) is 23.0 Å². The Balaban J connectivity index is 2.13. The number of ether oxygens (including phenoxy) is 1. The molecular weight excluding hydrogens is 446 g/mol. The van der Waals surface area contributed by atoms with E-state index in [1.807, 2.05) is 30.3 Å². The largest absolute Gasteiger partial charge is 0.488 e. The second-order valence-electron chi connectivity index (χ2n) is 6.46. The van der Waals surface area contributed by atoms with Crippen LogP contribution < -0.4 is 10.1 Å². The van der Waals surface area contributed by atoms with Gasteiger partial charge in [0, 0.05) is 26.7 Å². The molecule has 28 heavy (non-hydrogen) atoms. The van der Waals surface area contributed by atoms with E-state index in [0.29, 0.717) is 16.3 Å². The summed E-state index contributed by atoms with van der Waals surface area (Å²) < 4.78 is 6.69. The maximum absolute atomic E-state index is 12.1. The van der Waals surface area contributed by atoms with Crippen LogP contribution >= 0.6 is 27.5 Å². The molecule has 5 nitrogen and oxygen atoms in total. The van der Waals surface area contributed by atoms with E-state index in [-0.39, 0.29) is 12.5 Å². The van der Waals surface area contributed by atoms with Crippen LogP contribution in [0.15, 0.2) is 53.0 Å². The summed E-state index contributed by atoms with van der Waals surface area (Å²) in [7, 11) is 0. The number of hydrogen-bond acceptors (Lipinski definition) is 3. The van der Waals surface area contributed by atoms with Gasteiger partial charge in [0.15, 0.2) is 0 Å². The van der Waals surface area contributed by atoms with E-state index in [0.717, 1.165) is 10.0 Å². The van der Waals surface area contributed by atoms with Gasteiger partial charge in [-0.1, -0.05) is 59.6 Å². The molecule has 7 heteroatoms. The number of carboxylic acid groups (broad SMARTS) is 1. The highest BCUT2D eigenvalue weighted by atomic mass is 79.9. The summed E-state index contributed by atoms with van der Waals surface area (Å²) in [5.74, 6) is -1.21. The predicted molar refractivity (Wildman–Crippen MR) is 113 cm³/mol. The van der Waals surface area contributed by atoms with Gasteiger partial charge in [-0.05, 0) is 36.3 Å². The molecule has 0 fully saturated rings. The molecule has 2 aromatic carbocycles. The normalized spacial score (nSPS) is 12.2. The Kier molecular flexibility index (Phi) is 8.08. The molecule has 0 saturated heterocycles. The second-order valence-corrected chi connectivity index (χ2v) is 7.79. The van der Waals surface area contributed by atoms with E-state index < -0.39 is 17.9 Å². The van der Waals surface area contributed by atoms with Crippen molar-refractivity contribution in [1.82, 2.24) is 5.32 Å². The van der Waals surface area contributed by atoms with Gasteiger partial charge in [0.25, 0.3) is 0 Å². The van der Waals surface area contributed by atoms with Crippen molar-refractivity contribution in [3.8, 4) is 5.75 Å². The van der Waals surface area contributed by atoms with Crippen molar-refractivity contribution < 1.29 is 19.4 Å². The van der Waals surface area contributed by atoms with Gasteiger partial charge in [0.2, 0.25) is 5.91 Å². The summed E-state index contributed by atoms with van der Waals surface area (Å²) >= 11 is 9.56. The minimum atomic E-state index is -1.07. The molecule has 0 heterocycles. The van der Waals surface area contributed by atoms with Gasteiger partial charge in [-0.2, -0.15) is 0 Å². The standard InChI is InChI=1S/C21H21BrClNO4/c1-13(2)20(21(26)27)24-19(25)10-7-14-11-16(22)8-9-18(14)28-12-15-5-3-4-6-17(15)23/h3-11,13,20H,12H2,1-2H3,(H,24,25)(H,26,27)/b10-7+. The van der Waals surface area contributed by atoms with Crippen LogP contribution in [0.2, 0.25) is 5.02 Å². The lowest BCUT2D eigenvalue weighted by Gasteiger charge is -2.16. The fraction of sp³-hybridized carbons (Fsp3) is 0.238. The first-order chi connectivity index (χ1) is 13.3. The summed E-state index contributed by atoms with van der Waals surface area (Å²) in [5.41, 5.74) is 1.52. The van der Waals surface area contributed by atoms with E-state index in [9.17, 15) is 14.7 Å². The minimum absolute atomic E-state index is 0.227. The molecule has 0 aliphatic heterocycles. The van der Waals surface area contributed by atoms with Crippen molar-refractivity contribution in [2.24, 2.45) is 5.92 Å². The fourth-order valence-corrected chi connectivity index (χ4v) is 3.00. The monoisotopic (exact) mass is 465 g/mol. The number of carboxylic acids is 1. The first-order valence-corrected chi connectivity index (χ1v) is 9.82. The smallest absolute Gasteiger partial charge is 0.326 e. The number of carbonyl (C=O) groups excluding carboxylic acids is 1. The maximum atomic E-state index is 12.1. The highest BCUT2D eigenvalue weighted by molar-refractivity contribution is 9.10. The predicted octanol–water partition coefficient (Wildman–Crippen LogP) is 4.92. The molecule has 0 aliphatic rings. The third kappa shape index (κ3) is 6.39. The van der Waals surface area contributed by atoms with Gasteiger partial charge < -0.3 is 15.2 Å². The summed E-state index contributed by atoms with van der Waals surface area (Å²) in [5, 5.41) is 12.3. The first-order valence-electron chi connectivity index (χ1n) is 8.65. The lowest BCUT2D eigenvalue weighted by Crippen LogP contribution is -2.43. The number of benzene rings is 2. The molecule has 1 unspecified atom stereocenters. The highest BCUT2D eigenvalue weighted by Gasteiger charge is 2.22. The molecule has 0 radical (unpaired) electrons. The number of halogens is 2. The molecule has 0 aromatic heterocycles. The zero-order chi connectivity index (χ0) is 20.7. The fourth-order valence-electron chi connectivity index (χ4n) is 2.43. The molecule has 2 N–H and O–H groups in total. The molecule has 2 rings (SSSR count). The van der Waals surface area contributed by atoms with Gasteiger partial charge >= 0.3 is 5.97 Å². The van der Waals surface area contributed by atoms with Gasteiger partial charge in [-0.15, -0.1) is 0 Å². The summed E-state index contributed by atoms with van der Waals surface area (Å²) in [6.45, 7) is 3.75. The summed E-state index contributed by atoms with van der Waals surface area (Å²) in [6, 6.07) is 11.9. The Bertz CT molecular complexity index is 882. The SMILES string of the molecule is CC(C)C(NC(=O)/C=C/c1cc(Br)ccc1OCc1ccccc1Cl)C(=O)O. The molecule has 148 valence electrons. The molecule has 2 aromatic rings. The van der Waals surface area contributed by atoms with Crippen molar-refractivity contribution in [2.75, 3.05) is 0 Å². The third-order valence-electron chi connectivity index (χ3n) is 3.96. The molecule has 1 amide bonds. The van der Waals surface area contributed by atoms with Gasteiger partial charge in [0.05, 0.1) is 0 Å². The molecule has 0 saturated carbocycles. The van der Waals surface area contributed by atoms with Crippen molar-refractivity contribution in [3.63, 3.8) is 0 Å². The number of amides is 1. The molecular formula is C21H21BrClNO4. The molecule has 0 aliphatic carbocycles. The first kappa shape index (κ1) is 22.0. The Labute approximate surface area is 177 Å². The van der Waals surface area contributed by atoms with E-state index in [1.165, 1.54) is 6.08 Å². The third-order valence-corrected chi connectivity index (χ3v) is 4.82. The van der Waals surface area contributed by atoms with Gasteiger partial charge in [-0.25, -0.2) is 4.79 Å². The van der Waals surface area contributed by atoms with E-state index >= 15 is 0 Å². The van der Waals surface area contributed by atoms with E-state index in [2.05, 4.69) is 21.2 Å². The summed E-state index contributed by atoms with van der Waals surface area (Å²) in [6.07, 6.45) is 2.88. The van der Waals surface area contributed by atoms with Crippen LogP contribution in [-0.2, 0) is 16.2 Å². The lowest BCUT2D eigenvalue weighted by molar-refractivity contribution is -0.142. The van der Waals surface area contributed by atoms with Gasteiger partial charge in [0.1, 0.15) is 18.4 Å². The quantitative estimate of drug-likeness (QED) is 0.542. The molecule has 0 spiro atoms. The number of hydrogen-bond donors (Lipinski definition) is 2. The van der Waals surface area contributed by atoms with Crippen LogP contribution in [0.1, 0.15) is 25.0 Å². The number of aliphatic carboxylic acids is 1. The number of rotatable bonds is 8. The number of nitrogens with one attached hydrogen (secondary N) is 1. The van der Waals surface area contributed by atoms with Crippen LogP contribution in [0.4, 0.5) is 0 Å². The second kappa shape index (κ2) is 10.3. The maximum Gasteiger partial charge on any atom is 0.326 e. The Morgan fingerprint density at radius 1 is 1.25 bits per heavy atom. The van der Waals surface area contributed by atoms with Crippen molar-refractivity contribution >= 4 is 45.5 Å². The van der Waals surface area contributed by atoms with E-state index in [4.69, 9.17) is 16.3 Å². The average molecular weight is 467 g/mol. The molecule has 1 atom stereocenters. The van der Waals surface area contributed by atoms with Crippen LogP contribution in [0.3, 0.4) is 0 Å². The average Bonchev–Trinajstić information content (AvgIpc) is 2.64. The van der Waals surface area contributed by atoms with Crippen molar-refractivity contribution in [1.29, 1.82) is 0 Å². The summed E-state index contributed by atoms with van der Waals surface area (Å²) in [4.78, 5) is 23.3. The van der Waals surface area contributed by atoms with Crippen molar-refractivity contribution in [3.05, 3.63) is 69.2 Å². The Hall–Kier alpha value is -2.31. The zero-order valence-corrected chi connectivity index (χ0v) is 17.8. The molecule has 0 bridgehead atoms. The minimum Gasteiger partial charge on any atom is -0.488 e. The van der Waals surface area contributed by atoms with Crippen LogP contribution in [0.5, 0.6) is 5.75 Å². The number of carbonyl (C=O) groups is 2. The zero-order valence-electron chi connectivity index (χ0n) is 15.5. The van der Waals surface area contributed by atoms with Crippen LogP contribution in [0, 0.1) is 5.92 Å².